The van der Waals surface area contributed by atoms with Crippen molar-refractivity contribution in [1.29, 1.82) is 0 Å². The molecule has 0 radical (unpaired) electrons. The molecule has 5 aromatic rings. The molecule has 4 nitrogen and oxygen atoms in total. The average Bonchev–Trinajstić information content (AvgIpc) is 3.23. The van der Waals surface area contributed by atoms with E-state index in [4.69, 9.17) is 21.0 Å². The lowest BCUT2D eigenvalue weighted by molar-refractivity contribution is 0.555. The van der Waals surface area contributed by atoms with Crippen molar-refractivity contribution < 1.29 is 4.42 Å². The molecule has 0 amide bonds. The van der Waals surface area contributed by atoms with Crippen LogP contribution in [-0.4, -0.2) is 9.97 Å². The Balaban J connectivity index is 1.75. The van der Waals surface area contributed by atoms with Crippen LogP contribution in [0.25, 0.3) is 33.3 Å². The first-order valence-corrected chi connectivity index (χ1v) is 9.80. The largest absolute Gasteiger partial charge is 0.417 e. The third-order valence-corrected chi connectivity index (χ3v) is 6.10. The molecule has 2 aromatic heterocycles. The molecule has 0 aliphatic heterocycles. The Kier molecular flexibility index (Phi) is 3.32. The van der Waals surface area contributed by atoms with Gasteiger partial charge in [-0.3, -0.25) is 4.98 Å². The van der Waals surface area contributed by atoms with Crippen LogP contribution < -0.4 is 5.76 Å². The van der Waals surface area contributed by atoms with E-state index in [1.807, 2.05) is 42.5 Å². The molecule has 140 valence electrons. The molecule has 0 fully saturated rings. The van der Waals surface area contributed by atoms with Gasteiger partial charge in [-0.2, -0.15) is 0 Å². The quantitative estimate of drug-likeness (QED) is 0.381. The third kappa shape index (κ3) is 2.33. The minimum Gasteiger partial charge on any atom is -0.408 e. The molecule has 0 spiro atoms. The number of rotatable bonds is 1. The number of aromatic amines is 1. The average molecular weight is 399 g/mol. The highest BCUT2D eigenvalue weighted by molar-refractivity contribution is 6.30. The summed E-state index contributed by atoms with van der Waals surface area (Å²) < 4.78 is 5.33. The summed E-state index contributed by atoms with van der Waals surface area (Å²) in [6, 6.07) is 20.1. The highest BCUT2D eigenvalue weighted by Gasteiger charge is 2.34. The van der Waals surface area contributed by atoms with Crippen molar-refractivity contribution in [3.8, 4) is 11.3 Å². The maximum absolute atomic E-state index is 11.7. The molecule has 6 rings (SSSR count). The van der Waals surface area contributed by atoms with Gasteiger partial charge < -0.3 is 4.42 Å². The number of aromatic nitrogens is 2. The predicted octanol–water partition coefficient (Wildman–Crippen LogP) is 5.79. The van der Waals surface area contributed by atoms with E-state index in [-0.39, 0.29) is 5.92 Å². The van der Waals surface area contributed by atoms with E-state index in [9.17, 15) is 4.79 Å². The second-order valence-electron chi connectivity index (χ2n) is 7.45. The first-order valence-electron chi connectivity index (χ1n) is 9.42. The van der Waals surface area contributed by atoms with E-state index in [0.717, 1.165) is 33.3 Å². The van der Waals surface area contributed by atoms with Crippen molar-refractivity contribution in [1.82, 2.24) is 9.97 Å². The molecular weight excluding hydrogens is 384 g/mol. The van der Waals surface area contributed by atoms with Gasteiger partial charge in [0.2, 0.25) is 0 Å². The van der Waals surface area contributed by atoms with Crippen LogP contribution >= 0.6 is 11.6 Å². The Bertz CT molecular complexity index is 1500. The smallest absolute Gasteiger partial charge is 0.408 e. The summed E-state index contributed by atoms with van der Waals surface area (Å²) in [6.45, 7) is 2.16. The highest BCUT2D eigenvalue weighted by atomic mass is 35.5. The Morgan fingerprint density at radius 1 is 1.07 bits per heavy atom. The van der Waals surface area contributed by atoms with Crippen molar-refractivity contribution in [3.63, 3.8) is 0 Å². The predicted molar refractivity (Wildman–Crippen MR) is 115 cm³/mol. The molecule has 0 saturated carbocycles. The molecule has 29 heavy (non-hydrogen) atoms. The summed E-state index contributed by atoms with van der Waals surface area (Å²) >= 11 is 6.14. The lowest BCUT2D eigenvalue weighted by atomic mass is 9.87. The minimum atomic E-state index is -0.449. The van der Waals surface area contributed by atoms with Gasteiger partial charge >= 0.3 is 5.76 Å². The first-order chi connectivity index (χ1) is 14.1. The summed E-state index contributed by atoms with van der Waals surface area (Å²) in [7, 11) is 0. The van der Waals surface area contributed by atoms with Crippen molar-refractivity contribution in [3.05, 3.63) is 98.5 Å². The summed E-state index contributed by atoms with van der Waals surface area (Å²) in [6.07, 6.45) is 0. The number of oxazole rings is 1. The molecule has 1 N–H and O–H groups in total. The van der Waals surface area contributed by atoms with Gasteiger partial charge in [0.15, 0.2) is 5.58 Å². The van der Waals surface area contributed by atoms with Crippen LogP contribution in [0.4, 0.5) is 0 Å². The fourth-order valence-electron chi connectivity index (χ4n) is 4.57. The van der Waals surface area contributed by atoms with Crippen LogP contribution in [0.1, 0.15) is 28.2 Å². The normalized spacial score (nSPS) is 15.0. The van der Waals surface area contributed by atoms with Crippen molar-refractivity contribution >= 4 is 33.6 Å². The zero-order valence-electron chi connectivity index (χ0n) is 15.5. The van der Waals surface area contributed by atoms with E-state index in [1.165, 1.54) is 11.1 Å². The summed E-state index contributed by atoms with van der Waals surface area (Å²) in [5.41, 5.74) is 8.81. The Hall–Kier alpha value is -3.37. The lowest BCUT2D eigenvalue weighted by Gasteiger charge is -2.17. The fraction of sp³-hybridized carbons (Fsp3) is 0.0833. The fourth-order valence-corrected chi connectivity index (χ4v) is 4.69. The van der Waals surface area contributed by atoms with Crippen molar-refractivity contribution in [2.75, 3.05) is 0 Å². The molecule has 3 aromatic carbocycles. The number of aryl methyl sites for hydroxylation is 1. The number of hydrogen-bond donors (Lipinski definition) is 1. The summed E-state index contributed by atoms with van der Waals surface area (Å²) in [5, 5.41) is 1.85. The van der Waals surface area contributed by atoms with Crippen LogP contribution in [0.15, 0.2) is 69.9 Å². The van der Waals surface area contributed by atoms with E-state index in [2.05, 4.69) is 30.1 Å². The van der Waals surface area contributed by atoms with Crippen LogP contribution in [0.5, 0.6) is 0 Å². The molecule has 1 aliphatic carbocycles. The van der Waals surface area contributed by atoms with Crippen LogP contribution in [0.3, 0.4) is 0 Å². The van der Waals surface area contributed by atoms with E-state index in [1.54, 1.807) is 0 Å². The second kappa shape index (κ2) is 5.82. The van der Waals surface area contributed by atoms with Gasteiger partial charge in [-0.25, -0.2) is 9.78 Å². The Morgan fingerprint density at radius 3 is 2.69 bits per heavy atom. The highest BCUT2D eigenvalue weighted by Crippen LogP contribution is 2.50. The molecule has 0 bridgehead atoms. The number of benzene rings is 3. The monoisotopic (exact) mass is 398 g/mol. The number of nitrogens with one attached hydrogen (secondary N) is 1. The second-order valence-corrected chi connectivity index (χ2v) is 7.89. The SMILES string of the molecule is Cc1c2c(nc3ccccc13)-c1cc3oc(=O)[nH]c3cc1C2c1ccc(Cl)cc1. The molecular formula is C24H15ClN2O2. The Labute approximate surface area is 170 Å². The number of hydrogen-bond acceptors (Lipinski definition) is 3. The van der Waals surface area contributed by atoms with Crippen molar-refractivity contribution in [2.45, 2.75) is 12.8 Å². The number of nitrogens with zero attached hydrogens (tertiary/aromatic N) is 1. The molecule has 1 atom stereocenters. The van der Waals surface area contributed by atoms with Crippen LogP contribution in [0, 0.1) is 6.92 Å². The van der Waals surface area contributed by atoms with Gasteiger partial charge in [-0.15, -0.1) is 0 Å². The third-order valence-electron chi connectivity index (χ3n) is 5.85. The Morgan fingerprint density at radius 2 is 1.86 bits per heavy atom. The van der Waals surface area contributed by atoms with Crippen LogP contribution in [0.2, 0.25) is 5.02 Å². The van der Waals surface area contributed by atoms with E-state index in [0.29, 0.717) is 16.1 Å². The standard InChI is InChI=1S/C24H15ClN2O2/c1-12-15-4-2-3-5-18(15)26-23-17-11-20-19(27-24(28)29-20)10-16(17)22(21(12)23)13-6-8-14(25)9-7-13/h2-11,22H,1H3,(H,27,28). The first kappa shape index (κ1) is 16.6. The minimum absolute atomic E-state index is 0.0113. The molecule has 5 heteroatoms. The van der Waals surface area contributed by atoms with Crippen LogP contribution in [-0.2, 0) is 0 Å². The van der Waals surface area contributed by atoms with Gasteiger partial charge in [0, 0.05) is 21.9 Å². The van der Waals surface area contributed by atoms with Gasteiger partial charge in [0.05, 0.1) is 16.7 Å². The van der Waals surface area contributed by atoms with Gasteiger partial charge in [-0.1, -0.05) is 41.9 Å². The maximum atomic E-state index is 11.7. The molecule has 1 unspecified atom stereocenters. The van der Waals surface area contributed by atoms with Crippen molar-refractivity contribution in [2.24, 2.45) is 0 Å². The molecule has 0 saturated heterocycles. The zero-order valence-corrected chi connectivity index (χ0v) is 16.2. The maximum Gasteiger partial charge on any atom is 0.417 e. The zero-order chi connectivity index (χ0) is 19.7. The van der Waals surface area contributed by atoms with Gasteiger partial charge in [-0.05, 0) is 59.5 Å². The molecule has 2 heterocycles. The molecule has 1 aliphatic rings. The number of para-hydroxylation sites is 1. The topological polar surface area (TPSA) is 58.9 Å². The number of pyridine rings is 1. The van der Waals surface area contributed by atoms with E-state index < -0.39 is 5.76 Å². The van der Waals surface area contributed by atoms with Gasteiger partial charge in [0.1, 0.15) is 0 Å². The lowest BCUT2D eigenvalue weighted by Crippen LogP contribution is -2.02. The number of H-pyrrole nitrogens is 1. The number of fused-ring (bicyclic) bond motifs is 5. The number of halogens is 1. The summed E-state index contributed by atoms with van der Waals surface area (Å²) in [4.78, 5) is 19.5. The summed E-state index contributed by atoms with van der Waals surface area (Å²) in [5.74, 6) is -0.438. The van der Waals surface area contributed by atoms with E-state index >= 15 is 0 Å². The van der Waals surface area contributed by atoms with Gasteiger partial charge in [0.25, 0.3) is 0 Å².